The van der Waals surface area contributed by atoms with E-state index < -0.39 is 5.97 Å². The van der Waals surface area contributed by atoms with Gasteiger partial charge in [-0.2, -0.15) is 0 Å². The molecule has 9 heteroatoms. The van der Waals surface area contributed by atoms with E-state index in [1.54, 1.807) is 46.2 Å². The van der Waals surface area contributed by atoms with E-state index in [1.165, 1.54) is 6.26 Å². The van der Waals surface area contributed by atoms with Gasteiger partial charge in [0.15, 0.2) is 19.0 Å². The van der Waals surface area contributed by atoms with E-state index in [1.807, 2.05) is 0 Å². The molecule has 0 bridgehead atoms. The number of halogens is 1. The molecule has 2 heterocycles. The summed E-state index contributed by atoms with van der Waals surface area (Å²) in [6.45, 7) is 0.835. The Kier molecular flexibility index (Phi) is 6.54. The molecule has 1 fully saturated rings. The number of carbonyl (C=O) groups excluding carboxylic acids is 3. The van der Waals surface area contributed by atoms with Crippen molar-refractivity contribution in [1.29, 1.82) is 0 Å². The van der Waals surface area contributed by atoms with Gasteiger partial charge in [0.1, 0.15) is 5.75 Å². The van der Waals surface area contributed by atoms with E-state index in [0.29, 0.717) is 37.0 Å². The first kappa shape index (κ1) is 19.8. The Morgan fingerprint density at radius 1 is 0.964 bits per heavy atom. The van der Waals surface area contributed by atoms with Crippen LogP contribution in [0.5, 0.6) is 5.75 Å². The van der Waals surface area contributed by atoms with Crippen LogP contribution in [0.1, 0.15) is 10.6 Å². The summed E-state index contributed by atoms with van der Waals surface area (Å²) in [7, 11) is 0. The predicted octanol–water partition coefficient (Wildman–Crippen LogP) is 1.84. The molecule has 1 aliphatic rings. The summed E-state index contributed by atoms with van der Waals surface area (Å²) in [6.07, 6.45) is 1.44. The van der Waals surface area contributed by atoms with Crippen LogP contribution in [0.15, 0.2) is 47.1 Å². The molecule has 1 aromatic heterocycles. The lowest BCUT2D eigenvalue weighted by molar-refractivity contribution is -0.154. The minimum Gasteiger partial charge on any atom is -0.482 e. The van der Waals surface area contributed by atoms with E-state index >= 15 is 0 Å². The molecule has 1 aliphatic heterocycles. The number of benzene rings is 1. The minimum atomic E-state index is -0.644. The maximum atomic E-state index is 12.2. The Bertz CT molecular complexity index is 813. The van der Waals surface area contributed by atoms with Crippen LogP contribution < -0.4 is 4.74 Å². The van der Waals surface area contributed by atoms with Crippen LogP contribution in [0.3, 0.4) is 0 Å². The van der Waals surface area contributed by atoms with Crippen molar-refractivity contribution in [2.75, 3.05) is 39.4 Å². The van der Waals surface area contributed by atoms with Crippen LogP contribution in [0.2, 0.25) is 5.02 Å². The third kappa shape index (κ3) is 5.26. The number of piperazine rings is 1. The second-order valence-electron chi connectivity index (χ2n) is 6.05. The number of hydrogen-bond acceptors (Lipinski definition) is 6. The number of furan rings is 1. The van der Waals surface area contributed by atoms with Gasteiger partial charge in [0.05, 0.1) is 6.26 Å². The minimum absolute atomic E-state index is 0.206. The maximum Gasteiger partial charge on any atom is 0.344 e. The van der Waals surface area contributed by atoms with Crippen molar-refractivity contribution >= 4 is 29.4 Å². The average Bonchev–Trinajstić information content (AvgIpc) is 3.26. The highest BCUT2D eigenvalue weighted by atomic mass is 35.5. The van der Waals surface area contributed by atoms with Gasteiger partial charge < -0.3 is 23.7 Å². The molecule has 148 valence electrons. The molecule has 3 rings (SSSR count). The molecular weight excluding hydrogens is 388 g/mol. The van der Waals surface area contributed by atoms with E-state index in [-0.39, 0.29) is 30.8 Å². The third-order valence-corrected chi connectivity index (χ3v) is 4.43. The first-order valence-corrected chi connectivity index (χ1v) is 9.05. The third-order valence-electron chi connectivity index (χ3n) is 4.18. The molecule has 28 heavy (non-hydrogen) atoms. The number of amides is 2. The highest BCUT2D eigenvalue weighted by Gasteiger charge is 2.26. The first-order chi connectivity index (χ1) is 13.5. The zero-order valence-electron chi connectivity index (χ0n) is 15.0. The summed E-state index contributed by atoms with van der Waals surface area (Å²) in [6, 6.07) is 9.79. The van der Waals surface area contributed by atoms with Crippen LogP contribution in [0.25, 0.3) is 0 Å². The molecule has 0 N–H and O–H groups in total. The van der Waals surface area contributed by atoms with E-state index in [9.17, 15) is 14.4 Å². The van der Waals surface area contributed by atoms with Gasteiger partial charge in [-0.3, -0.25) is 9.59 Å². The van der Waals surface area contributed by atoms with Crippen LogP contribution in [-0.4, -0.2) is 67.0 Å². The van der Waals surface area contributed by atoms with Crippen LogP contribution in [0.4, 0.5) is 0 Å². The van der Waals surface area contributed by atoms with Crippen LogP contribution in [-0.2, 0) is 14.3 Å². The van der Waals surface area contributed by atoms with Gasteiger partial charge in [-0.05, 0) is 36.4 Å². The van der Waals surface area contributed by atoms with E-state index in [0.717, 1.165) is 0 Å². The quantitative estimate of drug-likeness (QED) is 0.680. The molecule has 1 saturated heterocycles. The van der Waals surface area contributed by atoms with Gasteiger partial charge in [-0.1, -0.05) is 11.6 Å². The molecule has 0 saturated carbocycles. The average molecular weight is 407 g/mol. The lowest BCUT2D eigenvalue weighted by Gasteiger charge is -2.34. The molecule has 0 atom stereocenters. The van der Waals surface area contributed by atoms with Crippen molar-refractivity contribution in [2.45, 2.75) is 0 Å². The Morgan fingerprint density at radius 2 is 1.64 bits per heavy atom. The molecule has 2 aromatic rings. The standard InChI is InChI=1S/C19H19ClN2O6/c20-14-3-5-15(6-4-14)27-13-18(24)28-12-17(23)21-7-9-22(10-8-21)19(25)16-2-1-11-26-16/h1-6,11H,7-10,12-13H2. The smallest absolute Gasteiger partial charge is 0.344 e. The lowest BCUT2D eigenvalue weighted by atomic mass is 10.3. The Hall–Kier alpha value is -3.00. The Morgan fingerprint density at radius 3 is 2.29 bits per heavy atom. The summed E-state index contributed by atoms with van der Waals surface area (Å²) < 4.78 is 15.3. The summed E-state index contributed by atoms with van der Waals surface area (Å²) in [5.41, 5.74) is 0. The number of hydrogen-bond donors (Lipinski definition) is 0. The molecule has 0 aliphatic carbocycles. The van der Waals surface area contributed by atoms with Crippen molar-refractivity contribution in [2.24, 2.45) is 0 Å². The summed E-state index contributed by atoms with van der Waals surface area (Å²) in [5, 5.41) is 0.562. The molecule has 1 aromatic carbocycles. The van der Waals surface area contributed by atoms with E-state index in [4.69, 9.17) is 25.5 Å². The van der Waals surface area contributed by atoms with Crippen LogP contribution in [0, 0.1) is 0 Å². The molecular formula is C19H19ClN2O6. The highest BCUT2D eigenvalue weighted by Crippen LogP contribution is 2.15. The second-order valence-corrected chi connectivity index (χ2v) is 6.49. The predicted molar refractivity (Wildman–Crippen MR) is 99.1 cm³/mol. The lowest BCUT2D eigenvalue weighted by Crippen LogP contribution is -2.51. The van der Waals surface area contributed by atoms with Gasteiger partial charge >= 0.3 is 5.97 Å². The number of rotatable bonds is 6. The van der Waals surface area contributed by atoms with Crippen molar-refractivity contribution in [3.8, 4) is 5.75 Å². The summed E-state index contributed by atoms with van der Waals surface area (Å²) in [4.78, 5) is 39.3. The number of esters is 1. The second kappa shape index (κ2) is 9.27. The Balaban J connectivity index is 1.36. The number of ether oxygens (including phenoxy) is 2. The van der Waals surface area contributed by atoms with Gasteiger partial charge in [0.2, 0.25) is 0 Å². The molecule has 0 unspecified atom stereocenters. The zero-order valence-corrected chi connectivity index (χ0v) is 15.8. The topological polar surface area (TPSA) is 89.3 Å². The molecule has 0 spiro atoms. The van der Waals surface area contributed by atoms with E-state index in [2.05, 4.69) is 0 Å². The van der Waals surface area contributed by atoms with Crippen LogP contribution >= 0.6 is 11.6 Å². The van der Waals surface area contributed by atoms with Crippen molar-refractivity contribution in [3.63, 3.8) is 0 Å². The summed E-state index contributed by atoms with van der Waals surface area (Å²) in [5.74, 6) is -0.415. The fraction of sp³-hybridized carbons (Fsp3) is 0.316. The van der Waals surface area contributed by atoms with Gasteiger partial charge in [0.25, 0.3) is 11.8 Å². The molecule has 0 radical (unpaired) electrons. The highest BCUT2D eigenvalue weighted by molar-refractivity contribution is 6.30. The van der Waals surface area contributed by atoms with Gasteiger partial charge in [0, 0.05) is 31.2 Å². The maximum absolute atomic E-state index is 12.2. The SMILES string of the molecule is O=C(COc1ccc(Cl)cc1)OCC(=O)N1CCN(C(=O)c2ccco2)CC1. The summed E-state index contributed by atoms with van der Waals surface area (Å²) >= 11 is 5.77. The van der Waals surface area contributed by atoms with Crippen molar-refractivity contribution in [1.82, 2.24) is 9.80 Å². The monoisotopic (exact) mass is 406 g/mol. The normalized spacial score (nSPS) is 13.9. The first-order valence-electron chi connectivity index (χ1n) is 8.67. The number of nitrogens with zero attached hydrogens (tertiary/aromatic N) is 2. The fourth-order valence-electron chi connectivity index (χ4n) is 2.66. The molecule has 2 amide bonds. The fourth-order valence-corrected chi connectivity index (χ4v) is 2.79. The largest absolute Gasteiger partial charge is 0.482 e. The molecule has 8 nitrogen and oxygen atoms in total. The van der Waals surface area contributed by atoms with Crippen molar-refractivity contribution in [3.05, 3.63) is 53.4 Å². The van der Waals surface area contributed by atoms with Gasteiger partial charge in [-0.15, -0.1) is 0 Å². The zero-order chi connectivity index (χ0) is 19.9. The van der Waals surface area contributed by atoms with Crippen molar-refractivity contribution < 1.29 is 28.3 Å². The number of carbonyl (C=O) groups is 3. The Labute approximate surface area is 166 Å². The van der Waals surface area contributed by atoms with Gasteiger partial charge in [-0.25, -0.2) is 4.79 Å².